The molecule has 7 nitrogen and oxygen atoms in total. The van der Waals surface area contributed by atoms with Crippen LogP contribution in [0.1, 0.15) is 52.1 Å². The highest BCUT2D eigenvalue weighted by Crippen LogP contribution is 2.30. The molecular weight excluding hydrogens is 504 g/mol. The first-order valence-electron chi connectivity index (χ1n) is 11.9. The van der Waals surface area contributed by atoms with Gasteiger partial charge in [-0.1, -0.05) is 23.7 Å². The number of amides is 2. The van der Waals surface area contributed by atoms with Gasteiger partial charge in [0, 0.05) is 23.8 Å². The minimum absolute atomic E-state index is 0.0906. The quantitative estimate of drug-likeness (QED) is 0.386. The van der Waals surface area contributed by atoms with Gasteiger partial charge in [-0.25, -0.2) is 4.98 Å². The summed E-state index contributed by atoms with van der Waals surface area (Å²) in [6, 6.07) is 15.3. The van der Waals surface area contributed by atoms with Gasteiger partial charge in [0.1, 0.15) is 17.2 Å². The Kier molecular flexibility index (Phi) is 8.55. The Morgan fingerprint density at radius 3 is 2.46 bits per heavy atom. The number of anilines is 1. The number of ether oxygens (including phenoxy) is 2. The van der Waals surface area contributed by atoms with Crippen molar-refractivity contribution in [3.8, 4) is 11.5 Å². The first kappa shape index (κ1) is 26.3. The number of hydrogen-bond acceptors (Lipinski definition) is 5. The number of halogens is 3. The topological polar surface area (TPSA) is 80.8 Å². The van der Waals surface area contributed by atoms with Gasteiger partial charge in [0.2, 0.25) is 0 Å². The molecule has 1 N–H and O–H groups in total. The van der Waals surface area contributed by atoms with E-state index in [1.165, 1.54) is 12.1 Å². The zero-order valence-electron chi connectivity index (χ0n) is 20.1. The van der Waals surface area contributed by atoms with E-state index in [1.54, 1.807) is 23.1 Å². The molecule has 0 atom stereocenters. The zero-order valence-corrected chi connectivity index (χ0v) is 20.9. The number of alkyl halides is 2. The van der Waals surface area contributed by atoms with Crippen LogP contribution in [-0.4, -0.2) is 48.0 Å². The lowest BCUT2D eigenvalue weighted by atomic mass is 9.89. The minimum atomic E-state index is -2.94. The van der Waals surface area contributed by atoms with Crippen LogP contribution in [0.2, 0.25) is 5.02 Å². The molecule has 2 amide bonds. The van der Waals surface area contributed by atoms with Crippen molar-refractivity contribution in [2.24, 2.45) is 0 Å². The number of nitrogens with one attached hydrogen (secondary N) is 1. The molecule has 1 aromatic heterocycles. The van der Waals surface area contributed by atoms with Crippen molar-refractivity contribution in [1.82, 2.24) is 9.88 Å². The van der Waals surface area contributed by atoms with Crippen LogP contribution in [0.4, 0.5) is 14.5 Å². The molecule has 4 rings (SSSR count). The smallest absolute Gasteiger partial charge is 0.387 e. The van der Waals surface area contributed by atoms with Crippen molar-refractivity contribution < 1.29 is 27.8 Å². The number of hydrogen-bond donors (Lipinski definition) is 1. The van der Waals surface area contributed by atoms with Crippen molar-refractivity contribution >= 4 is 29.1 Å². The first-order chi connectivity index (χ1) is 17.8. The highest BCUT2D eigenvalue weighted by atomic mass is 35.5. The molecule has 1 aliphatic rings. The molecule has 194 valence electrons. The molecule has 3 aromatic rings. The highest BCUT2D eigenvalue weighted by Gasteiger charge is 2.25. The molecule has 10 heteroatoms. The van der Waals surface area contributed by atoms with Crippen molar-refractivity contribution in [1.29, 1.82) is 0 Å². The molecule has 0 aliphatic carbocycles. The third kappa shape index (κ3) is 6.74. The number of rotatable bonds is 8. The van der Waals surface area contributed by atoms with E-state index in [0.717, 1.165) is 24.6 Å². The summed E-state index contributed by atoms with van der Waals surface area (Å²) >= 11 is 6.06. The SMILES string of the molecule is CCOc1ccc(Cl)cc1C(=O)Nc1ccc(C2CCN(C(=O)c3ccc(OC(F)F)cn3)CC2)cc1. The molecule has 37 heavy (non-hydrogen) atoms. The Morgan fingerprint density at radius 1 is 1.11 bits per heavy atom. The molecule has 0 saturated carbocycles. The average molecular weight is 530 g/mol. The number of likely N-dealkylation sites (tertiary alicyclic amines) is 1. The molecule has 2 heterocycles. The van der Waals surface area contributed by atoms with Gasteiger partial charge in [-0.15, -0.1) is 0 Å². The van der Waals surface area contributed by atoms with Gasteiger partial charge in [-0.3, -0.25) is 9.59 Å². The Hall–Kier alpha value is -3.72. The Bertz CT molecular complexity index is 1230. The van der Waals surface area contributed by atoms with Gasteiger partial charge < -0.3 is 19.7 Å². The second-order valence-electron chi connectivity index (χ2n) is 8.47. The fourth-order valence-electron chi connectivity index (χ4n) is 4.26. The second-order valence-corrected chi connectivity index (χ2v) is 8.91. The maximum atomic E-state index is 12.8. The Morgan fingerprint density at radius 2 is 1.84 bits per heavy atom. The van der Waals surface area contributed by atoms with Crippen LogP contribution in [0.3, 0.4) is 0 Å². The van der Waals surface area contributed by atoms with Crippen LogP contribution < -0.4 is 14.8 Å². The van der Waals surface area contributed by atoms with Crippen LogP contribution >= 0.6 is 11.6 Å². The molecule has 1 aliphatic heterocycles. The van der Waals surface area contributed by atoms with Gasteiger partial charge >= 0.3 is 6.61 Å². The number of piperidine rings is 1. The number of pyridine rings is 1. The highest BCUT2D eigenvalue weighted by molar-refractivity contribution is 6.31. The maximum absolute atomic E-state index is 12.8. The fraction of sp³-hybridized carbons (Fsp3) is 0.296. The number of benzene rings is 2. The molecule has 0 radical (unpaired) electrons. The molecule has 2 aromatic carbocycles. The molecule has 1 fully saturated rings. The predicted octanol–water partition coefficient (Wildman–Crippen LogP) is 6.01. The lowest BCUT2D eigenvalue weighted by molar-refractivity contribution is -0.0500. The number of nitrogens with zero attached hydrogens (tertiary/aromatic N) is 2. The Balaban J connectivity index is 1.32. The first-order valence-corrected chi connectivity index (χ1v) is 12.3. The van der Waals surface area contributed by atoms with Crippen molar-refractivity contribution in [2.75, 3.05) is 25.0 Å². The summed E-state index contributed by atoms with van der Waals surface area (Å²) < 4.78 is 34.4. The largest absolute Gasteiger partial charge is 0.493 e. The van der Waals surface area contributed by atoms with E-state index in [2.05, 4.69) is 15.0 Å². The van der Waals surface area contributed by atoms with Gasteiger partial charge in [-0.05, 0) is 73.7 Å². The lowest BCUT2D eigenvalue weighted by Crippen LogP contribution is -2.38. The summed E-state index contributed by atoms with van der Waals surface area (Å²) in [4.78, 5) is 31.2. The average Bonchev–Trinajstić information content (AvgIpc) is 2.90. The standard InChI is InChI=1S/C27H26ClF2N3O4/c1-2-36-24-10-5-19(28)15-22(24)25(34)32-20-6-3-17(4-7-20)18-11-13-33(14-12-18)26(35)23-9-8-21(16-31-23)37-27(29)30/h3-10,15-16,18,27H,2,11-14H2,1H3,(H,32,34). The summed E-state index contributed by atoms with van der Waals surface area (Å²) in [6.45, 7) is 0.434. The third-order valence-corrected chi connectivity index (χ3v) is 6.32. The van der Waals surface area contributed by atoms with E-state index in [-0.39, 0.29) is 29.2 Å². The summed E-state index contributed by atoms with van der Waals surface area (Å²) in [7, 11) is 0. The normalized spacial score (nSPS) is 13.9. The van der Waals surface area contributed by atoms with E-state index in [9.17, 15) is 18.4 Å². The maximum Gasteiger partial charge on any atom is 0.387 e. The minimum Gasteiger partial charge on any atom is -0.493 e. The van der Waals surface area contributed by atoms with Crippen molar-refractivity contribution in [3.63, 3.8) is 0 Å². The lowest BCUT2D eigenvalue weighted by Gasteiger charge is -2.32. The fourth-order valence-corrected chi connectivity index (χ4v) is 4.43. The van der Waals surface area contributed by atoms with Gasteiger partial charge in [-0.2, -0.15) is 8.78 Å². The van der Waals surface area contributed by atoms with E-state index in [1.807, 2.05) is 31.2 Å². The Labute approximate surface area is 218 Å². The summed E-state index contributed by atoms with van der Waals surface area (Å²) in [6.07, 6.45) is 2.66. The van der Waals surface area contributed by atoms with E-state index >= 15 is 0 Å². The summed E-state index contributed by atoms with van der Waals surface area (Å²) in [5, 5.41) is 3.33. The van der Waals surface area contributed by atoms with Gasteiger partial charge in [0.05, 0.1) is 18.4 Å². The summed E-state index contributed by atoms with van der Waals surface area (Å²) in [5.74, 6) is 0.0868. The number of carbonyl (C=O) groups excluding carboxylic acids is 2. The molecule has 0 bridgehead atoms. The van der Waals surface area contributed by atoms with Crippen molar-refractivity contribution in [3.05, 3.63) is 82.6 Å². The van der Waals surface area contributed by atoms with Crippen LogP contribution in [0, 0.1) is 0 Å². The molecule has 0 unspecified atom stereocenters. The van der Waals surface area contributed by atoms with E-state index in [0.29, 0.717) is 41.7 Å². The van der Waals surface area contributed by atoms with Gasteiger partial charge in [0.25, 0.3) is 11.8 Å². The van der Waals surface area contributed by atoms with Gasteiger partial charge in [0.15, 0.2) is 0 Å². The second kappa shape index (κ2) is 12.0. The number of aromatic nitrogens is 1. The summed E-state index contributed by atoms with van der Waals surface area (Å²) in [5.41, 5.74) is 2.32. The van der Waals surface area contributed by atoms with Crippen LogP contribution in [0.15, 0.2) is 60.8 Å². The van der Waals surface area contributed by atoms with Crippen LogP contribution in [0.5, 0.6) is 11.5 Å². The third-order valence-electron chi connectivity index (χ3n) is 6.09. The van der Waals surface area contributed by atoms with Crippen LogP contribution in [-0.2, 0) is 0 Å². The molecular formula is C27H26ClF2N3O4. The number of carbonyl (C=O) groups is 2. The van der Waals surface area contributed by atoms with E-state index < -0.39 is 6.61 Å². The predicted molar refractivity (Wildman–Crippen MR) is 136 cm³/mol. The monoisotopic (exact) mass is 529 g/mol. The molecule has 0 spiro atoms. The molecule has 1 saturated heterocycles. The zero-order chi connectivity index (χ0) is 26.4. The van der Waals surface area contributed by atoms with Crippen molar-refractivity contribution in [2.45, 2.75) is 32.3 Å². The van der Waals surface area contributed by atoms with Crippen LogP contribution in [0.25, 0.3) is 0 Å². The van der Waals surface area contributed by atoms with E-state index in [4.69, 9.17) is 16.3 Å².